The van der Waals surface area contributed by atoms with Crippen molar-refractivity contribution in [3.8, 4) is 11.5 Å². The number of hydrogen-bond acceptors (Lipinski definition) is 5. The molecule has 2 aromatic rings. The lowest BCUT2D eigenvalue weighted by Gasteiger charge is -2.13. The summed E-state index contributed by atoms with van der Waals surface area (Å²) >= 11 is 6.10. The van der Waals surface area contributed by atoms with Crippen LogP contribution in [0.4, 0.5) is 5.82 Å². The highest BCUT2D eigenvalue weighted by atomic mass is 35.5. The van der Waals surface area contributed by atoms with E-state index in [9.17, 15) is 0 Å². The van der Waals surface area contributed by atoms with Gasteiger partial charge in [-0.2, -0.15) is 0 Å². The smallest absolute Gasteiger partial charge is 0.161 e. The van der Waals surface area contributed by atoms with E-state index in [1.165, 1.54) is 0 Å². The molecule has 0 aliphatic carbocycles. The number of halogens is 1. The van der Waals surface area contributed by atoms with E-state index in [1.807, 2.05) is 24.3 Å². The number of nitrogens with two attached hydrogens (primary N) is 1. The first kappa shape index (κ1) is 15.4. The molecule has 0 aliphatic rings. The first-order valence-electron chi connectivity index (χ1n) is 6.71. The van der Waals surface area contributed by atoms with Gasteiger partial charge in [-0.15, -0.1) is 0 Å². The molecule has 1 aromatic carbocycles. The zero-order valence-electron chi connectivity index (χ0n) is 11.8. The minimum Gasteiger partial charge on any atom is -0.490 e. The first-order chi connectivity index (χ1) is 10.2. The van der Waals surface area contributed by atoms with Gasteiger partial charge in [0.1, 0.15) is 12.4 Å². The first-order valence-corrected chi connectivity index (χ1v) is 7.09. The highest BCUT2D eigenvalue weighted by Crippen LogP contribution is 2.28. The van der Waals surface area contributed by atoms with Gasteiger partial charge in [-0.3, -0.25) is 0 Å². The number of pyridine rings is 1. The molecule has 6 heteroatoms. The average molecular weight is 308 g/mol. The Kier molecular flexibility index (Phi) is 5.66. The molecule has 0 unspecified atom stereocenters. The van der Waals surface area contributed by atoms with E-state index < -0.39 is 0 Å². The van der Waals surface area contributed by atoms with Gasteiger partial charge in [-0.1, -0.05) is 30.7 Å². The molecule has 0 aliphatic heterocycles. The summed E-state index contributed by atoms with van der Waals surface area (Å²) in [7, 11) is 0. The maximum atomic E-state index is 6.10. The summed E-state index contributed by atoms with van der Waals surface area (Å²) in [6, 6.07) is 10.9. The van der Waals surface area contributed by atoms with Crippen molar-refractivity contribution in [2.45, 2.75) is 20.0 Å². The van der Waals surface area contributed by atoms with Crippen LogP contribution in [0.2, 0.25) is 5.02 Å². The van der Waals surface area contributed by atoms with Crippen LogP contribution in [0, 0.1) is 0 Å². The minimum absolute atomic E-state index is 0.237. The number of ether oxygens (including phenoxy) is 2. The topological polar surface area (TPSA) is 69.4 Å². The highest BCUT2D eigenvalue weighted by molar-refractivity contribution is 6.31. The Morgan fingerprint density at radius 3 is 2.52 bits per heavy atom. The van der Waals surface area contributed by atoms with Crippen molar-refractivity contribution >= 4 is 17.4 Å². The zero-order valence-corrected chi connectivity index (χ0v) is 12.6. The van der Waals surface area contributed by atoms with E-state index in [0.29, 0.717) is 34.6 Å². The second-order valence-electron chi connectivity index (χ2n) is 4.35. The Bertz CT molecular complexity index is 593. The van der Waals surface area contributed by atoms with Crippen LogP contribution in [0.25, 0.3) is 0 Å². The fraction of sp³-hybridized carbons (Fsp3) is 0.267. The van der Waals surface area contributed by atoms with E-state index in [-0.39, 0.29) is 6.61 Å². The van der Waals surface area contributed by atoms with E-state index in [2.05, 4.69) is 17.3 Å². The third kappa shape index (κ3) is 4.24. The highest BCUT2D eigenvalue weighted by Gasteiger charge is 2.08. The van der Waals surface area contributed by atoms with Crippen LogP contribution >= 0.6 is 11.6 Å². The quantitative estimate of drug-likeness (QED) is 0.606. The van der Waals surface area contributed by atoms with Gasteiger partial charge in [0.25, 0.3) is 0 Å². The van der Waals surface area contributed by atoms with Gasteiger partial charge in [0.2, 0.25) is 0 Å². The monoisotopic (exact) mass is 307 g/mol. The van der Waals surface area contributed by atoms with Crippen molar-refractivity contribution in [1.29, 1.82) is 0 Å². The lowest BCUT2D eigenvalue weighted by molar-refractivity contribution is 0.259. The van der Waals surface area contributed by atoms with Crippen LogP contribution in [0.3, 0.4) is 0 Å². The van der Waals surface area contributed by atoms with Crippen LogP contribution in [-0.4, -0.2) is 11.6 Å². The Morgan fingerprint density at radius 2 is 1.86 bits per heavy atom. The Hall–Kier alpha value is -1.98. The molecule has 0 fully saturated rings. The van der Waals surface area contributed by atoms with Crippen molar-refractivity contribution in [3.63, 3.8) is 0 Å². The molecule has 3 N–H and O–H groups in total. The van der Waals surface area contributed by atoms with E-state index in [1.54, 1.807) is 12.1 Å². The molecule has 1 heterocycles. The van der Waals surface area contributed by atoms with Gasteiger partial charge in [-0.05, 0) is 30.7 Å². The number of nitrogens with zero attached hydrogens (tertiary/aromatic N) is 1. The molecule has 21 heavy (non-hydrogen) atoms. The molecule has 0 saturated heterocycles. The summed E-state index contributed by atoms with van der Waals surface area (Å²) in [5, 5.41) is 0.529. The second kappa shape index (κ2) is 7.71. The van der Waals surface area contributed by atoms with E-state index in [4.69, 9.17) is 26.9 Å². The predicted octanol–water partition coefficient (Wildman–Crippen LogP) is 3.39. The summed E-state index contributed by atoms with van der Waals surface area (Å²) in [4.78, 5) is 4.26. The van der Waals surface area contributed by atoms with Gasteiger partial charge >= 0.3 is 0 Å². The predicted molar refractivity (Wildman–Crippen MR) is 83.6 cm³/mol. The maximum Gasteiger partial charge on any atom is 0.161 e. The average Bonchev–Trinajstić information content (AvgIpc) is 2.53. The van der Waals surface area contributed by atoms with Crippen molar-refractivity contribution in [3.05, 3.63) is 47.1 Å². The number of hydrogen-bond donors (Lipinski definition) is 2. The van der Waals surface area contributed by atoms with Crippen LogP contribution in [0.15, 0.2) is 36.4 Å². The minimum atomic E-state index is 0.237. The molecule has 112 valence electrons. The van der Waals surface area contributed by atoms with Gasteiger partial charge in [0, 0.05) is 0 Å². The molecule has 0 bridgehead atoms. The molecule has 1 aromatic heterocycles. The lowest BCUT2D eigenvalue weighted by Crippen LogP contribution is -2.10. The summed E-state index contributed by atoms with van der Waals surface area (Å²) in [5.74, 6) is 7.25. The van der Waals surface area contributed by atoms with E-state index in [0.717, 1.165) is 6.42 Å². The van der Waals surface area contributed by atoms with E-state index >= 15 is 0 Å². The summed E-state index contributed by atoms with van der Waals surface area (Å²) in [6.07, 6.45) is 0.936. The van der Waals surface area contributed by atoms with Gasteiger partial charge in [0.05, 0.1) is 17.3 Å². The largest absolute Gasteiger partial charge is 0.490 e. The van der Waals surface area contributed by atoms with Crippen molar-refractivity contribution in [2.24, 2.45) is 5.84 Å². The van der Waals surface area contributed by atoms with Crippen LogP contribution in [0.1, 0.15) is 19.0 Å². The van der Waals surface area contributed by atoms with Crippen LogP contribution in [-0.2, 0) is 6.61 Å². The Labute approximate surface area is 129 Å². The number of rotatable bonds is 7. The van der Waals surface area contributed by atoms with Crippen LogP contribution < -0.4 is 20.7 Å². The zero-order chi connectivity index (χ0) is 15.1. The van der Waals surface area contributed by atoms with Crippen molar-refractivity contribution < 1.29 is 9.47 Å². The molecule has 0 spiro atoms. The van der Waals surface area contributed by atoms with Crippen molar-refractivity contribution in [2.75, 3.05) is 12.0 Å². The molecule has 0 atom stereocenters. The molecule has 0 amide bonds. The fourth-order valence-corrected chi connectivity index (χ4v) is 1.87. The third-order valence-corrected chi connectivity index (χ3v) is 3.09. The summed E-state index contributed by atoms with van der Waals surface area (Å²) in [6.45, 7) is 2.94. The SMILES string of the molecule is CCCOc1ccccc1OCc1nc(NN)ccc1Cl. The number of benzene rings is 1. The lowest BCUT2D eigenvalue weighted by atomic mass is 10.3. The summed E-state index contributed by atoms with van der Waals surface area (Å²) < 4.78 is 11.4. The number of aromatic nitrogens is 1. The van der Waals surface area contributed by atoms with Gasteiger partial charge in [-0.25, -0.2) is 10.8 Å². The number of anilines is 1. The standard InChI is InChI=1S/C15H18ClN3O2/c1-2-9-20-13-5-3-4-6-14(13)21-10-12-11(16)7-8-15(18-12)19-17/h3-8H,2,9-10,17H2,1H3,(H,18,19). The molecular weight excluding hydrogens is 290 g/mol. The Morgan fingerprint density at radius 1 is 1.14 bits per heavy atom. The molecule has 2 rings (SSSR count). The molecule has 5 nitrogen and oxygen atoms in total. The summed E-state index contributed by atoms with van der Waals surface area (Å²) in [5.41, 5.74) is 3.09. The normalized spacial score (nSPS) is 10.2. The second-order valence-corrected chi connectivity index (χ2v) is 4.76. The Balaban J connectivity index is 2.09. The number of nitrogens with one attached hydrogen (secondary N) is 1. The van der Waals surface area contributed by atoms with Crippen LogP contribution in [0.5, 0.6) is 11.5 Å². The molecule has 0 saturated carbocycles. The maximum absolute atomic E-state index is 6.10. The number of para-hydroxylation sites is 2. The van der Waals surface area contributed by atoms with Crippen molar-refractivity contribution in [1.82, 2.24) is 4.98 Å². The molecule has 0 radical (unpaired) electrons. The number of nitrogen functional groups attached to an aromatic ring is 1. The van der Waals surface area contributed by atoms with Gasteiger partial charge in [0.15, 0.2) is 11.5 Å². The number of hydrazine groups is 1. The fourth-order valence-electron chi connectivity index (χ4n) is 1.71. The van der Waals surface area contributed by atoms with Gasteiger partial charge < -0.3 is 14.9 Å². The third-order valence-electron chi connectivity index (χ3n) is 2.74. The molecular formula is C15H18ClN3O2.